The molecule has 21 heavy (non-hydrogen) atoms. The minimum Gasteiger partial charge on any atom is -0.463 e. The largest absolute Gasteiger partial charge is 0.463 e. The number of carbonyl (C=O) groups excluding carboxylic acids is 2. The van der Waals surface area contributed by atoms with E-state index in [-0.39, 0.29) is 43.0 Å². The van der Waals surface area contributed by atoms with Crippen molar-refractivity contribution in [2.75, 3.05) is 7.11 Å². The van der Waals surface area contributed by atoms with E-state index in [4.69, 9.17) is 4.42 Å². The van der Waals surface area contributed by atoms with E-state index in [2.05, 4.69) is 4.74 Å². The van der Waals surface area contributed by atoms with Gasteiger partial charge in [0.15, 0.2) is 5.76 Å². The van der Waals surface area contributed by atoms with Crippen LogP contribution in [0.1, 0.15) is 46.8 Å². The van der Waals surface area contributed by atoms with Gasteiger partial charge in [0.2, 0.25) is 11.5 Å². The molecule has 1 heterocycles. The summed E-state index contributed by atoms with van der Waals surface area (Å²) in [5, 5.41) is 0. The van der Waals surface area contributed by atoms with Gasteiger partial charge in [0.05, 0.1) is 13.0 Å². The van der Waals surface area contributed by atoms with Crippen molar-refractivity contribution in [2.24, 2.45) is 11.8 Å². The van der Waals surface area contributed by atoms with Gasteiger partial charge in [0.25, 0.3) is 0 Å². The van der Waals surface area contributed by atoms with Crippen LogP contribution in [0.3, 0.4) is 0 Å². The van der Waals surface area contributed by atoms with E-state index < -0.39 is 24.0 Å². The molecular formula is C14H15F3O4. The molecule has 0 radical (unpaired) electrons. The van der Waals surface area contributed by atoms with Crippen LogP contribution in [0.25, 0.3) is 0 Å². The van der Waals surface area contributed by atoms with Gasteiger partial charge in [-0.3, -0.25) is 4.79 Å². The topological polar surface area (TPSA) is 56.5 Å². The van der Waals surface area contributed by atoms with E-state index in [0.717, 1.165) is 0 Å². The smallest absolute Gasteiger partial charge is 0.391 e. The number of esters is 1. The lowest BCUT2D eigenvalue weighted by atomic mass is 9.79. The second-order valence-corrected chi connectivity index (χ2v) is 5.11. The average Bonchev–Trinajstić information content (AvgIpc) is 2.94. The normalized spacial score (nSPS) is 22.9. The van der Waals surface area contributed by atoms with Gasteiger partial charge < -0.3 is 9.15 Å². The molecule has 0 atom stereocenters. The summed E-state index contributed by atoms with van der Waals surface area (Å²) < 4.78 is 47.3. The van der Waals surface area contributed by atoms with Crippen molar-refractivity contribution in [3.63, 3.8) is 0 Å². The molecule has 0 spiro atoms. The summed E-state index contributed by atoms with van der Waals surface area (Å²) in [4.78, 5) is 23.4. The minimum absolute atomic E-state index is 0.00846. The fourth-order valence-electron chi connectivity index (χ4n) is 2.56. The summed E-state index contributed by atoms with van der Waals surface area (Å²) in [6, 6.07) is 2.67. The molecule has 0 unspecified atom stereocenters. The molecule has 0 saturated heterocycles. The zero-order chi connectivity index (χ0) is 15.6. The number of ether oxygens (including phenoxy) is 1. The third-order valence-corrected chi connectivity index (χ3v) is 3.80. The first-order valence-electron chi connectivity index (χ1n) is 6.62. The molecule has 1 aromatic heterocycles. The first-order chi connectivity index (χ1) is 9.82. The molecule has 0 N–H and O–H groups in total. The summed E-state index contributed by atoms with van der Waals surface area (Å²) in [6.07, 6.45) is -3.94. The Morgan fingerprint density at radius 1 is 1.14 bits per heavy atom. The summed E-state index contributed by atoms with van der Waals surface area (Å²) in [7, 11) is 1.19. The fourth-order valence-corrected chi connectivity index (χ4v) is 2.56. The zero-order valence-corrected chi connectivity index (χ0v) is 11.4. The number of rotatable bonds is 3. The number of ketones is 1. The first-order valence-corrected chi connectivity index (χ1v) is 6.62. The zero-order valence-electron chi connectivity index (χ0n) is 11.4. The molecule has 0 aliphatic heterocycles. The van der Waals surface area contributed by atoms with Gasteiger partial charge in [-0.05, 0) is 37.8 Å². The van der Waals surface area contributed by atoms with Crippen molar-refractivity contribution in [3.8, 4) is 0 Å². The van der Waals surface area contributed by atoms with E-state index in [9.17, 15) is 22.8 Å². The SMILES string of the molecule is COC(=O)c1ccc(C(=O)C2CCC(C(F)(F)F)CC2)o1. The van der Waals surface area contributed by atoms with E-state index in [1.807, 2.05) is 0 Å². The Bertz CT molecular complexity index is 525. The molecule has 2 rings (SSSR count). The average molecular weight is 304 g/mol. The number of alkyl halides is 3. The Hall–Kier alpha value is -1.79. The highest BCUT2D eigenvalue weighted by atomic mass is 19.4. The Kier molecular flexibility index (Phi) is 4.39. The quantitative estimate of drug-likeness (QED) is 0.632. The fraction of sp³-hybridized carbons (Fsp3) is 0.571. The van der Waals surface area contributed by atoms with Crippen LogP contribution in [0, 0.1) is 11.8 Å². The maximum absolute atomic E-state index is 12.6. The second kappa shape index (κ2) is 5.91. The van der Waals surface area contributed by atoms with Crippen molar-refractivity contribution in [2.45, 2.75) is 31.9 Å². The lowest BCUT2D eigenvalue weighted by Gasteiger charge is -2.28. The predicted octanol–water partition coefficient (Wildman–Crippen LogP) is 3.62. The summed E-state index contributed by atoms with van der Waals surface area (Å²) in [5.74, 6) is -2.97. The highest BCUT2D eigenvalue weighted by molar-refractivity contribution is 5.96. The van der Waals surface area contributed by atoms with E-state index >= 15 is 0 Å². The standard InChI is InChI=1S/C14H15F3O4/c1-20-13(19)11-7-6-10(21-11)12(18)8-2-4-9(5-3-8)14(15,16)17/h6-9H,2-5H2,1H3. The minimum atomic E-state index is -4.20. The summed E-state index contributed by atoms with van der Waals surface area (Å²) >= 11 is 0. The number of carbonyl (C=O) groups is 2. The van der Waals surface area contributed by atoms with Crippen LogP contribution >= 0.6 is 0 Å². The van der Waals surface area contributed by atoms with Crippen LogP contribution in [-0.2, 0) is 4.74 Å². The molecule has 4 nitrogen and oxygen atoms in total. The maximum Gasteiger partial charge on any atom is 0.391 e. The van der Waals surface area contributed by atoms with Crippen LogP contribution < -0.4 is 0 Å². The molecular weight excluding hydrogens is 289 g/mol. The molecule has 7 heteroatoms. The van der Waals surface area contributed by atoms with Crippen molar-refractivity contribution < 1.29 is 31.9 Å². The monoisotopic (exact) mass is 304 g/mol. The van der Waals surface area contributed by atoms with Crippen LogP contribution in [0.4, 0.5) is 13.2 Å². The summed E-state index contributed by atoms with van der Waals surface area (Å²) in [5.41, 5.74) is 0. The molecule has 0 amide bonds. The predicted molar refractivity (Wildman–Crippen MR) is 65.9 cm³/mol. The molecule has 116 valence electrons. The van der Waals surface area contributed by atoms with Gasteiger partial charge >= 0.3 is 12.1 Å². The molecule has 1 saturated carbocycles. The first kappa shape index (κ1) is 15.6. The van der Waals surface area contributed by atoms with E-state index in [1.54, 1.807) is 0 Å². The number of hydrogen-bond donors (Lipinski definition) is 0. The van der Waals surface area contributed by atoms with Crippen molar-refractivity contribution in [3.05, 3.63) is 23.7 Å². The molecule has 1 aliphatic rings. The molecule has 1 fully saturated rings. The van der Waals surface area contributed by atoms with Crippen LogP contribution in [0.5, 0.6) is 0 Å². The van der Waals surface area contributed by atoms with Gasteiger partial charge in [-0.1, -0.05) is 0 Å². The molecule has 1 aromatic rings. The Morgan fingerprint density at radius 3 is 2.24 bits per heavy atom. The van der Waals surface area contributed by atoms with Gasteiger partial charge in [0.1, 0.15) is 0 Å². The van der Waals surface area contributed by atoms with Gasteiger partial charge in [-0.25, -0.2) is 4.79 Å². The highest BCUT2D eigenvalue weighted by Crippen LogP contribution is 2.40. The number of halogens is 3. The Balaban J connectivity index is 1.99. The summed E-state index contributed by atoms with van der Waals surface area (Å²) in [6.45, 7) is 0. The van der Waals surface area contributed by atoms with E-state index in [0.29, 0.717) is 0 Å². The number of methoxy groups -OCH3 is 1. The third kappa shape index (κ3) is 3.46. The van der Waals surface area contributed by atoms with Crippen molar-refractivity contribution in [1.29, 1.82) is 0 Å². The Labute approximate surface area is 119 Å². The number of furan rings is 1. The second-order valence-electron chi connectivity index (χ2n) is 5.11. The van der Waals surface area contributed by atoms with Gasteiger partial charge in [-0.15, -0.1) is 0 Å². The maximum atomic E-state index is 12.6. The third-order valence-electron chi connectivity index (χ3n) is 3.80. The number of Topliss-reactive ketones (excluding diaryl/α,β-unsaturated/α-hetero) is 1. The van der Waals surface area contributed by atoms with E-state index in [1.165, 1.54) is 19.2 Å². The van der Waals surface area contributed by atoms with Crippen molar-refractivity contribution in [1.82, 2.24) is 0 Å². The highest BCUT2D eigenvalue weighted by Gasteiger charge is 2.42. The van der Waals surface area contributed by atoms with Crippen molar-refractivity contribution >= 4 is 11.8 Å². The van der Waals surface area contributed by atoms with Gasteiger partial charge in [0, 0.05) is 5.92 Å². The van der Waals surface area contributed by atoms with Gasteiger partial charge in [-0.2, -0.15) is 13.2 Å². The lowest BCUT2D eigenvalue weighted by molar-refractivity contribution is -0.183. The van der Waals surface area contributed by atoms with Crippen LogP contribution in [0.15, 0.2) is 16.5 Å². The molecule has 0 aromatic carbocycles. The molecule has 1 aliphatic carbocycles. The molecule has 0 bridgehead atoms. The Morgan fingerprint density at radius 2 is 1.71 bits per heavy atom. The lowest BCUT2D eigenvalue weighted by Crippen LogP contribution is -2.30. The number of hydrogen-bond acceptors (Lipinski definition) is 4. The van der Waals surface area contributed by atoms with Crippen LogP contribution in [-0.4, -0.2) is 25.0 Å². The van der Waals surface area contributed by atoms with Crippen LogP contribution in [0.2, 0.25) is 0 Å².